The van der Waals surface area contributed by atoms with E-state index in [1.807, 2.05) is 73.7 Å². The third-order valence-electron chi connectivity index (χ3n) is 4.49. The molecule has 0 bridgehead atoms. The Kier molecular flexibility index (Phi) is 4.61. The number of nitrogens with one attached hydrogen (secondary N) is 1. The van der Waals surface area contributed by atoms with Crippen LogP contribution in [-0.2, 0) is 17.8 Å². The molecule has 0 unspecified atom stereocenters. The molecule has 0 aliphatic rings. The summed E-state index contributed by atoms with van der Waals surface area (Å²) in [6.45, 7) is 2.29. The summed E-state index contributed by atoms with van der Waals surface area (Å²) >= 11 is 0. The maximum atomic E-state index is 12.5. The van der Waals surface area contributed by atoms with Crippen molar-refractivity contribution < 1.29 is 4.79 Å². The molecule has 1 heterocycles. The number of tetrazole rings is 1. The summed E-state index contributed by atoms with van der Waals surface area (Å²) < 4.78 is 1.64. The first-order chi connectivity index (χ1) is 13.2. The van der Waals surface area contributed by atoms with Crippen molar-refractivity contribution in [1.82, 2.24) is 25.5 Å². The summed E-state index contributed by atoms with van der Waals surface area (Å²) in [5.41, 5.74) is 3.03. The van der Waals surface area contributed by atoms with Gasteiger partial charge >= 0.3 is 0 Å². The van der Waals surface area contributed by atoms with Gasteiger partial charge in [0.2, 0.25) is 5.91 Å². The molecule has 0 saturated carbocycles. The van der Waals surface area contributed by atoms with Crippen molar-refractivity contribution in [3.8, 4) is 5.69 Å². The monoisotopic (exact) mass is 357 g/mol. The second kappa shape index (κ2) is 7.37. The minimum atomic E-state index is -0.0650. The highest BCUT2D eigenvalue weighted by molar-refractivity contribution is 5.90. The molecule has 0 atom stereocenters. The predicted molar refractivity (Wildman–Crippen MR) is 103 cm³/mol. The standard InChI is InChI=1S/C21H19N5O/c1-15-9-11-18(12-10-15)26-20(23-24-25-26)14-22-21(27)13-17-7-4-6-16-5-2-3-8-19(16)17/h2-12H,13-14H2,1H3,(H,22,27). The van der Waals surface area contributed by atoms with Gasteiger partial charge in [0.05, 0.1) is 18.7 Å². The zero-order valence-electron chi connectivity index (χ0n) is 15.0. The summed E-state index contributed by atoms with van der Waals surface area (Å²) in [6.07, 6.45) is 0.313. The number of aryl methyl sites for hydroxylation is 1. The molecular weight excluding hydrogens is 338 g/mol. The van der Waals surface area contributed by atoms with E-state index in [4.69, 9.17) is 0 Å². The summed E-state index contributed by atoms with van der Waals surface area (Å²) in [7, 11) is 0. The molecule has 1 aromatic heterocycles. The van der Waals surface area contributed by atoms with Crippen LogP contribution < -0.4 is 5.32 Å². The fraction of sp³-hybridized carbons (Fsp3) is 0.143. The van der Waals surface area contributed by atoms with Crippen LogP contribution in [0.1, 0.15) is 17.0 Å². The zero-order valence-corrected chi connectivity index (χ0v) is 15.0. The van der Waals surface area contributed by atoms with E-state index in [0.29, 0.717) is 12.2 Å². The van der Waals surface area contributed by atoms with Gasteiger partial charge in [-0.25, -0.2) is 0 Å². The molecule has 27 heavy (non-hydrogen) atoms. The van der Waals surface area contributed by atoms with Gasteiger partial charge in [0.1, 0.15) is 0 Å². The zero-order chi connectivity index (χ0) is 18.6. The van der Waals surface area contributed by atoms with Crippen LogP contribution in [0.25, 0.3) is 16.5 Å². The molecule has 3 aromatic carbocycles. The van der Waals surface area contributed by atoms with Gasteiger partial charge in [-0.05, 0) is 45.8 Å². The summed E-state index contributed by atoms with van der Waals surface area (Å²) in [5, 5.41) is 16.9. The Labute approximate surface area is 156 Å². The van der Waals surface area contributed by atoms with Crippen LogP contribution in [0.3, 0.4) is 0 Å². The molecule has 4 aromatic rings. The van der Waals surface area contributed by atoms with E-state index in [0.717, 1.165) is 27.6 Å². The molecule has 1 amide bonds. The molecule has 0 aliphatic carbocycles. The Morgan fingerprint density at radius 3 is 2.63 bits per heavy atom. The lowest BCUT2D eigenvalue weighted by Crippen LogP contribution is -2.26. The predicted octanol–water partition coefficient (Wildman–Crippen LogP) is 2.98. The number of hydrogen-bond donors (Lipinski definition) is 1. The molecule has 0 aliphatic heterocycles. The Morgan fingerprint density at radius 1 is 1.00 bits per heavy atom. The smallest absolute Gasteiger partial charge is 0.224 e. The topological polar surface area (TPSA) is 72.7 Å². The number of carbonyl (C=O) groups excluding carboxylic acids is 1. The third-order valence-corrected chi connectivity index (χ3v) is 4.49. The molecule has 6 nitrogen and oxygen atoms in total. The van der Waals surface area contributed by atoms with Crippen molar-refractivity contribution in [1.29, 1.82) is 0 Å². The molecule has 0 radical (unpaired) electrons. The van der Waals surface area contributed by atoms with Gasteiger partial charge in [-0.15, -0.1) is 5.10 Å². The number of rotatable bonds is 5. The Morgan fingerprint density at radius 2 is 1.78 bits per heavy atom. The average molecular weight is 357 g/mol. The van der Waals surface area contributed by atoms with Crippen LogP contribution in [-0.4, -0.2) is 26.1 Å². The first-order valence-corrected chi connectivity index (χ1v) is 8.78. The second-order valence-electron chi connectivity index (χ2n) is 6.43. The fourth-order valence-electron chi connectivity index (χ4n) is 3.06. The van der Waals surface area contributed by atoms with Crippen molar-refractivity contribution in [2.75, 3.05) is 0 Å². The lowest BCUT2D eigenvalue weighted by molar-refractivity contribution is -0.120. The van der Waals surface area contributed by atoms with Crippen LogP contribution in [0.5, 0.6) is 0 Å². The molecule has 0 spiro atoms. The summed E-state index contributed by atoms with van der Waals surface area (Å²) in [5.74, 6) is 0.523. The normalized spacial score (nSPS) is 10.9. The van der Waals surface area contributed by atoms with Crippen molar-refractivity contribution in [2.24, 2.45) is 0 Å². The van der Waals surface area contributed by atoms with E-state index >= 15 is 0 Å². The molecule has 4 rings (SSSR count). The number of nitrogens with zero attached hydrogens (tertiary/aromatic N) is 4. The first-order valence-electron chi connectivity index (χ1n) is 8.78. The first kappa shape index (κ1) is 16.9. The number of fused-ring (bicyclic) bond motifs is 1. The van der Waals surface area contributed by atoms with Crippen LogP contribution in [0, 0.1) is 6.92 Å². The van der Waals surface area contributed by atoms with Gasteiger partial charge < -0.3 is 5.32 Å². The van der Waals surface area contributed by atoms with Gasteiger partial charge in [-0.3, -0.25) is 4.79 Å². The molecule has 1 N–H and O–H groups in total. The molecule has 0 saturated heterocycles. The van der Waals surface area contributed by atoms with E-state index < -0.39 is 0 Å². The minimum Gasteiger partial charge on any atom is -0.348 e. The number of aromatic nitrogens is 4. The summed E-state index contributed by atoms with van der Waals surface area (Å²) in [6, 6.07) is 22.0. The SMILES string of the molecule is Cc1ccc(-n2nnnc2CNC(=O)Cc2cccc3ccccc23)cc1. The van der Waals surface area contributed by atoms with E-state index in [-0.39, 0.29) is 12.5 Å². The quantitative estimate of drug-likeness (QED) is 0.596. The van der Waals surface area contributed by atoms with Crippen LogP contribution >= 0.6 is 0 Å². The van der Waals surface area contributed by atoms with E-state index in [9.17, 15) is 4.79 Å². The Hall–Kier alpha value is -3.54. The van der Waals surface area contributed by atoms with Gasteiger partial charge in [-0.2, -0.15) is 4.68 Å². The highest BCUT2D eigenvalue weighted by atomic mass is 16.1. The van der Waals surface area contributed by atoms with E-state index in [1.54, 1.807) is 4.68 Å². The van der Waals surface area contributed by atoms with Gasteiger partial charge in [0.15, 0.2) is 5.82 Å². The molecule has 134 valence electrons. The van der Waals surface area contributed by atoms with Crippen LogP contribution in [0.15, 0.2) is 66.7 Å². The average Bonchev–Trinajstić information content (AvgIpc) is 3.16. The number of amides is 1. The van der Waals surface area contributed by atoms with E-state index in [1.165, 1.54) is 0 Å². The lowest BCUT2D eigenvalue weighted by Gasteiger charge is -2.08. The highest BCUT2D eigenvalue weighted by Crippen LogP contribution is 2.19. The van der Waals surface area contributed by atoms with Crippen molar-refractivity contribution in [3.63, 3.8) is 0 Å². The van der Waals surface area contributed by atoms with Crippen LogP contribution in [0.4, 0.5) is 0 Å². The highest BCUT2D eigenvalue weighted by Gasteiger charge is 2.11. The fourth-order valence-corrected chi connectivity index (χ4v) is 3.06. The number of carbonyl (C=O) groups is 1. The second-order valence-corrected chi connectivity index (χ2v) is 6.43. The largest absolute Gasteiger partial charge is 0.348 e. The van der Waals surface area contributed by atoms with Gasteiger partial charge in [-0.1, -0.05) is 60.2 Å². The van der Waals surface area contributed by atoms with E-state index in [2.05, 4.69) is 20.8 Å². The third kappa shape index (κ3) is 3.69. The van der Waals surface area contributed by atoms with Crippen molar-refractivity contribution >= 4 is 16.7 Å². The van der Waals surface area contributed by atoms with Crippen molar-refractivity contribution in [3.05, 3.63) is 83.7 Å². The Bertz CT molecular complexity index is 1080. The maximum absolute atomic E-state index is 12.5. The molecular formula is C21H19N5O. The number of hydrogen-bond acceptors (Lipinski definition) is 4. The lowest BCUT2D eigenvalue weighted by atomic mass is 10.0. The summed E-state index contributed by atoms with van der Waals surface area (Å²) in [4.78, 5) is 12.5. The maximum Gasteiger partial charge on any atom is 0.224 e. The molecule has 6 heteroatoms. The Balaban J connectivity index is 1.46. The number of benzene rings is 3. The van der Waals surface area contributed by atoms with Crippen LogP contribution in [0.2, 0.25) is 0 Å². The molecule has 0 fully saturated rings. The van der Waals surface area contributed by atoms with Crippen molar-refractivity contribution in [2.45, 2.75) is 19.9 Å². The minimum absolute atomic E-state index is 0.0650. The van der Waals surface area contributed by atoms with Gasteiger partial charge in [0, 0.05) is 0 Å². The van der Waals surface area contributed by atoms with Gasteiger partial charge in [0.25, 0.3) is 0 Å².